The van der Waals surface area contributed by atoms with Gasteiger partial charge in [-0.15, -0.1) is 11.3 Å². The van der Waals surface area contributed by atoms with E-state index in [1.807, 2.05) is 30.5 Å². The minimum absolute atomic E-state index is 0.664. The van der Waals surface area contributed by atoms with E-state index in [0.29, 0.717) is 5.57 Å². The summed E-state index contributed by atoms with van der Waals surface area (Å²) in [6.45, 7) is 5.54. The van der Waals surface area contributed by atoms with Gasteiger partial charge in [0.1, 0.15) is 6.29 Å². The van der Waals surface area contributed by atoms with Crippen LogP contribution in [0.3, 0.4) is 0 Å². The third kappa shape index (κ3) is 2.17. The minimum atomic E-state index is 0.664. The number of rotatable bonds is 3. The van der Waals surface area contributed by atoms with E-state index >= 15 is 0 Å². The molecular formula is C10H10OS. The van der Waals surface area contributed by atoms with Crippen LogP contribution in [0.1, 0.15) is 11.8 Å². The Bertz CT molecular complexity index is 307. The van der Waals surface area contributed by atoms with Crippen molar-refractivity contribution < 1.29 is 4.79 Å². The van der Waals surface area contributed by atoms with Crippen molar-refractivity contribution in [1.82, 2.24) is 0 Å². The second-order valence-electron chi connectivity index (χ2n) is 2.51. The first-order valence-electron chi connectivity index (χ1n) is 3.60. The van der Waals surface area contributed by atoms with E-state index in [2.05, 4.69) is 6.58 Å². The molecule has 0 fully saturated rings. The Labute approximate surface area is 76.0 Å². The van der Waals surface area contributed by atoms with Gasteiger partial charge in [0.15, 0.2) is 0 Å². The molecule has 0 amide bonds. The normalized spacial score (nSPS) is 11.2. The third-order valence-electron chi connectivity index (χ3n) is 1.46. The maximum Gasteiger partial charge on any atom is 0.150 e. The summed E-state index contributed by atoms with van der Waals surface area (Å²) in [6.07, 6.45) is 2.68. The van der Waals surface area contributed by atoms with Gasteiger partial charge in [-0.1, -0.05) is 12.6 Å². The summed E-state index contributed by atoms with van der Waals surface area (Å²) in [4.78, 5) is 11.6. The predicted molar refractivity (Wildman–Crippen MR) is 53.2 cm³/mol. The number of carbonyl (C=O) groups is 1. The van der Waals surface area contributed by atoms with Gasteiger partial charge in [-0.2, -0.15) is 0 Å². The molecule has 0 aliphatic carbocycles. The first-order valence-corrected chi connectivity index (χ1v) is 4.48. The molecule has 1 heterocycles. The lowest BCUT2D eigenvalue weighted by Crippen LogP contribution is -1.83. The fourth-order valence-corrected chi connectivity index (χ4v) is 1.45. The molecule has 1 nitrogen and oxygen atoms in total. The molecule has 0 N–H and O–H groups in total. The van der Waals surface area contributed by atoms with Crippen molar-refractivity contribution in [2.45, 2.75) is 6.92 Å². The molecule has 62 valence electrons. The van der Waals surface area contributed by atoms with Gasteiger partial charge in [-0.3, -0.25) is 4.79 Å². The summed E-state index contributed by atoms with van der Waals surface area (Å²) in [5.41, 5.74) is 1.47. The van der Waals surface area contributed by atoms with Crippen molar-refractivity contribution in [3.8, 4) is 0 Å². The SMILES string of the molecule is C=C(C)/C(C=O)=C\c1cccs1. The Morgan fingerprint density at radius 1 is 1.67 bits per heavy atom. The van der Waals surface area contributed by atoms with E-state index in [1.54, 1.807) is 11.3 Å². The summed E-state index contributed by atoms with van der Waals surface area (Å²) in [7, 11) is 0. The molecule has 0 spiro atoms. The summed E-state index contributed by atoms with van der Waals surface area (Å²) in [5.74, 6) is 0. The lowest BCUT2D eigenvalue weighted by molar-refractivity contribution is -0.104. The number of thiophene rings is 1. The van der Waals surface area contributed by atoms with Crippen molar-refractivity contribution in [3.05, 3.63) is 40.1 Å². The van der Waals surface area contributed by atoms with Gasteiger partial charge in [0.2, 0.25) is 0 Å². The van der Waals surface area contributed by atoms with Gasteiger partial charge in [0.25, 0.3) is 0 Å². The van der Waals surface area contributed by atoms with Gasteiger partial charge < -0.3 is 0 Å². The highest BCUT2D eigenvalue weighted by Crippen LogP contribution is 2.15. The number of allylic oxidation sites excluding steroid dienone is 2. The average Bonchev–Trinajstić information content (AvgIpc) is 2.51. The zero-order valence-corrected chi connectivity index (χ0v) is 7.73. The van der Waals surface area contributed by atoms with Crippen LogP contribution < -0.4 is 0 Å². The van der Waals surface area contributed by atoms with E-state index in [1.165, 1.54) is 0 Å². The fraction of sp³-hybridized carbons (Fsp3) is 0.100. The van der Waals surface area contributed by atoms with Crippen LogP contribution in [0.2, 0.25) is 0 Å². The predicted octanol–water partition coefficient (Wildman–Crippen LogP) is 2.91. The maximum absolute atomic E-state index is 10.5. The number of aldehydes is 1. The smallest absolute Gasteiger partial charge is 0.150 e. The maximum atomic E-state index is 10.5. The van der Waals surface area contributed by atoms with Crippen molar-refractivity contribution in [1.29, 1.82) is 0 Å². The Kier molecular flexibility index (Phi) is 3.00. The van der Waals surface area contributed by atoms with Gasteiger partial charge in [-0.05, 0) is 30.0 Å². The second-order valence-corrected chi connectivity index (χ2v) is 3.49. The average molecular weight is 178 g/mol. The van der Waals surface area contributed by atoms with Crippen molar-refractivity contribution >= 4 is 23.7 Å². The molecule has 1 aromatic heterocycles. The van der Waals surface area contributed by atoms with Crippen molar-refractivity contribution in [3.63, 3.8) is 0 Å². The molecule has 0 aliphatic rings. The Morgan fingerprint density at radius 2 is 2.42 bits per heavy atom. The Balaban J connectivity index is 2.93. The molecule has 1 aromatic rings. The molecule has 1 rings (SSSR count). The van der Waals surface area contributed by atoms with E-state index in [-0.39, 0.29) is 0 Å². The Hall–Kier alpha value is -1.15. The molecule has 0 aliphatic heterocycles. The molecule has 0 radical (unpaired) electrons. The standard InChI is InChI=1S/C10H10OS/c1-8(2)9(7-11)6-10-4-3-5-12-10/h3-7H,1H2,2H3/b9-6-. The molecule has 12 heavy (non-hydrogen) atoms. The highest BCUT2D eigenvalue weighted by Gasteiger charge is 1.96. The first-order chi connectivity index (χ1) is 5.74. The van der Waals surface area contributed by atoms with Gasteiger partial charge in [0.05, 0.1) is 0 Å². The fourth-order valence-electron chi connectivity index (χ4n) is 0.784. The van der Waals surface area contributed by atoms with Crippen LogP contribution in [0.4, 0.5) is 0 Å². The molecular weight excluding hydrogens is 168 g/mol. The van der Waals surface area contributed by atoms with Crippen LogP contribution >= 0.6 is 11.3 Å². The highest BCUT2D eigenvalue weighted by atomic mass is 32.1. The lowest BCUT2D eigenvalue weighted by Gasteiger charge is -1.94. The summed E-state index contributed by atoms with van der Waals surface area (Å²) >= 11 is 1.61. The van der Waals surface area contributed by atoms with Crippen LogP contribution in [-0.2, 0) is 4.79 Å². The zero-order chi connectivity index (χ0) is 8.97. The van der Waals surface area contributed by atoms with E-state index in [4.69, 9.17) is 0 Å². The molecule has 0 saturated heterocycles. The molecule has 0 unspecified atom stereocenters. The quantitative estimate of drug-likeness (QED) is 0.395. The van der Waals surface area contributed by atoms with Gasteiger partial charge in [0, 0.05) is 10.5 Å². The van der Waals surface area contributed by atoms with E-state index < -0.39 is 0 Å². The summed E-state index contributed by atoms with van der Waals surface area (Å²) < 4.78 is 0. The first kappa shape index (κ1) is 8.94. The van der Waals surface area contributed by atoms with Crippen LogP contribution in [0, 0.1) is 0 Å². The molecule has 0 aromatic carbocycles. The van der Waals surface area contributed by atoms with Gasteiger partial charge in [-0.25, -0.2) is 0 Å². The topological polar surface area (TPSA) is 17.1 Å². The summed E-state index contributed by atoms with van der Waals surface area (Å²) in [5, 5.41) is 1.98. The molecule has 0 bridgehead atoms. The second kappa shape index (κ2) is 4.02. The van der Waals surface area contributed by atoms with Crippen molar-refractivity contribution in [2.75, 3.05) is 0 Å². The van der Waals surface area contributed by atoms with Crippen LogP contribution in [0.5, 0.6) is 0 Å². The molecule has 0 atom stereocenters. The van der Waals surface area contributed by atoms with Crippen LogP contribution in [-0.4, -0.2) is 6.29 Å². The van der Waals surface area contributed by atoms with E-state index in [9.17, 15) is 4.79 Å². The zero-order valence-electron chi connectivity index (χ0n) is 6.91. The van der Waals surface area contributed by atoms with Crippen LogP contribution in [0.25, 0.3) is 6.08 Å². The number of carbonyl (C=O) groups excluding carboxylic acids is 1. The molecule has 2 heteroatoms. The van der Waals surface area contributed by atoms with Crippen molar-refractivity contribution in [2.24, 2.45) is 0 Å². The number of hydrogen-bond donors (Lipinski definition) is 0. The molecule has 0 saturated carbocycles. The highest BCUT2D eigenvalue weighted by molar-refractivity contribution is 7.10. The summed E-state index contributed by atoms with van der Waals surface area (Å²) in [6, 6.07) is 3.93. The van der Waals surface area contributed by atoms with Crippen LogP contribution in [0.15, 0.2) is 35.2 Å². The third-order valence-corrected chi connectivity index (χ3v) is 2.28. The van der Waals surface area contributed by atoms with Gasteiger partial charge >= 0.3 is 0 Å². The minimum Gasteiger partial charge on any atom is -0.298 e. The number of hydrogen-bond acceptors (Lipinski definition) is 2. The monoisotopic (exact) mass is 178 g/mol. The van der Waals surface area contributed by atoms with E-state index in [0.717, 1.165) is 16.7 Å². The lowest BCUT2D eigenvalue weighted by atomic mass is 10.1. The Morgan fingerprint density at radius 3 is 2.83 bits per heavy atom. The largest absolute Gasteiger partial charge is 0.298 e.